The normalized spacial score (nSPS) is 60.6. The Hall–Kier alpha value is 0.650. The highest BCUT2D eigenvalue weighted by Crippen LogP contribution is 2.63. The minimum atomic E-state index is -0.371. The van der Waals surface area contributed by atoms with Gasteiger partial charge in [0.15, 0.2) is 0 Å². The molecule has 4 bridgehead atoms. The lowest BCUT2D eigenvalue weighted by Crippen LogP contribution is -2.65. The molecule has 0 heterocycles. The van der Waals surface area contributed by atoms with E-state index in [0.29, 0.717) is 3.92 Å². The first-order valence-electron chi connectivity index (χ1n) is 5.64. The molecule has 2 nitrogen and oxygen atoms in total. The molecule has 4 aliphatic carbocycles. The van der Waals surface area contributed by atoms with Gasteiger partial charge in [0.1, 0.15) is 0 Å². The zero-order valence-electron chi connectivity index (χ0n) is 8.38. The van der Waals surface area contributed by atoms with Crippen LogP contribution in [0.25, 0.3) is 0 Å². The summed E-state index contributed by atoms with van der Waals surface area (Å²) in [5.41, 5.74) is 5.87. The van der Waals surface area contributed by atoms with Gasteiger partial charge in [0.2, 0.25) is 0 Å². The van der Waals surface area contributed by atoms with Crippen molar-refractivity contribution in [3.05, 3.63) is 0 Å². The molecule has 0 saturated heterocycles. The molecule has 0 aliphatic heterocycles. The molecular formula is C11H18INO. The van der Waals surface area contributed by atoms with Crippen LogP contribution in [0.3, 0.4) is 0 Å². The highest BCUT2D eigenvalue weighted by Gasteiger charge is 2.61. The van der Waals surface area contributed by atoms with Crippen LogP contribution in [0, 0.1) is 17.3 Å². The number of nitrogens with two attached hydrogens (primary N) is 1. The Morgan fingerprint density at radius 1 is 1.21 bits per heavy atom. The van der Waals surface area contributed by atoms with E-state index in [9.17, 15) is 5.11 Å². The Labute approximate surface area is 98.8 Å². The second kappa shape index (κ2) is 2.86. The van der Waals surface area contributed by atoms with Gasteiger partial charge >= 0.3 is 0 Å². The van der Waals surface area contributed by atoms with Gasteiger partial charge in [-0.2, -0.15) is 0 Å². The van der Waals surface area contributed by atoms with Gasteiger partial charge in [-0.25, -0.2) is 0 Å². The lowest BCUT2D eigenvalue weighted by Gasteiger charge is -2.63. The van der Waals surface area contributed by atoms with E-state index in [0.717, 1.165) is 31.2 Å². The third-order valence-electron chi connectivity index (χ3n) is 4.76. The minimum absolute atomic E-state index is 0.277. The molecule has 0 radical (unpaired) electrons. The van der Waals surface area contributed by atoms with Crippen molar-refractivity contribution >= 4 is 22.6 Å². The van der Waals surface area contributed by atoms with Crippen LogP contribution in [0.2, 0.25) is 0 Å². The molecule has 4 rings (SSSR count). The summed E-state index contributed by atoms with van der Waals surface area (Å²) in [6, 6.07) is 0. The summed E-state index contributed by atoms with van der Waals surface area (Å²) in [5, 5.41) is 10.6. The van der Waals surface area contributed by atoms with E-state index in [1.165, 1.54) is 19.3 Å². The Morgan fingerprint density at radius 2 is 1.79 bits per heavy atom. The average molecular weight is 307 g/mol. The van der Waals surface area contributed by atoms with Gasteiger partial charge in [0.05, 0.1) is 5.60 Å². The Balaban J connectivity index is 2.02. The summed E-state index contributed by atoms with van der Waals surface area (Å²) in [7, 11) is 0. The van der Waals surface area contributed by atoms with Gasteiger partial charge in [-0.1, -0.05) is 22.6 Å². The Bertz CT molecular complexity index is 254. The first kappa shape index (κ1) is 9.85. The van der Waals surface area contributed by atoms with Crippen molar-refractivity contribution in [1.29, 1.82) is 0 Å². The van der Waals surface area contributed by atoms with E-state index >= 15 is 0 Å². The molecule has 4 saturated carbocycles. The topological polar surface area (TPSA) is 46.2 Å². The molecule has 3 heteroatoms. The maximum atomic E-state index is 10.6. The number of halogens is 1. The fraction of sp³-hybridized carbons (Fsp3) is 1.00. The quantitative estimate of drug-likeness (QED) is 0.572. The van der Waals surface area contributed by atoms with Crippen LogP contribution >= 0.6 is 22.6 Å². The molecule has 3 atom stereocenters. The summed E-state index contributed by atoms with van der Waals surface area (Å²) in [4.78, 5) is 0. The van der Waals surface area contributed by atoms with Gasteiger partial charge < -0.3 is 10.8 Å². The highest BCUT2D eigenvalue weighted by molar-refractivity contribution is 14.1. The smallest absolute Gasteiger partial charge is 0.0776 e. The van der Waals surface area contributed by atoms with Crippen molar-refractivity contribution in [1.82, 2.24) is 0 Å². The van der Waals surface area contributed by atoms with E-state index < -0.39 is 0 Å². The summed E-state index contributed by atoms with van der Waals surface area (Å²) < 4.78 is 0.394. The lowest BCUT2D eigenvalue weighted by atomic mass is 9.48. The fourth-order valence-electron chi connectivity index (χ4n) is 4.52. The number of hydrogen-bond donors (Lipinski definition) is 2. The molecule has 0 amide bonds. The second-order valence-corrected chi connectivity index (χ2v) is 7.06. The summed E-state index contributed by atoms with van der Waals surface area (Å²) in [6.07, 6.45) is 5.98. The van der Waals surface area contributed by atoms with E-state index in [-0.39, 0.29) is 11.0 Å². The van der Waals surface area contributed by atoms with Crippen molar-refractivity contribution in [2.75, 3.05) is 6.54 Å². The van der Waals surface area contributed by atoms with Crippen molar-refractivity contribution in [2.24, 2.45) is 23.0 Å². The van der Waals surface area contributed by atoms with E-state index in [1.807, 2.05) is 0 Å². The number of hydrogen-bond acceptors (Lipinski definition) is 2. The van der Waals surface area contributed by atoms with Gasteiger partial charge in [-0.3, -0.25) is 0 Å². The zero-order chi connectivity index (χ0) is 9.97. The number of alkyl halides is 1. The molecule has 0 aromatic carbocycles. The molecule has 0 spiro atoms. The first-order chi connectivity index (χ1) is 6.58. The van der Waals surface area contributed by atoms with Crippen LogP contribution in [0.15, 0.2) is 0 Å². The Morgan fingerprint density at radius 3 is 2.29 bits per heavy atom. The van der Waals surface area contributed by atoms with Crippen molar-refractivity contribution in [3.63, 3.8) is 0 Å². The van der Waals surface area contributed by atoms with Gasteiger partial charge in [-0.05, 0) is 55.9 Å². The van der Waals surface area contributed by atoms with Crippen LogP contribution in [0.5, 0.6) is 0 Å². The van der Waals surface area contributed by atoms with Crippen LogP contribution < -0.4 is 5.73 Å². The third kappa shape index (κ3) is 1.09. The second-order valence-electron chi connectivity index (χ2n) is 5.82. The molecule has 3 unspecified atom stereocenters. The summed E-state index contributed by atoms with van der Waals surface area (Å²) in [5.74, 6) is 1.53. The van der Waals surface area contributed by atoms with Crippen LogP contribution in [-0.4, -0.2) is 21.2 Å². The average Bonchev–Trinajstić information content (AvgIpc) is 2.12. The van der Waals surface area contributed by atoms with Crippen molar-refractivity contribution < 1.29 is 5.11 Å². The van der Waals surface area contributed by atoms with Gasteiger partial charge in [-0.15, -0.1) is 0 Å². The zero-order valence-corrected chi connectivity index (χ0v) is 10.5. The van der Waals surface area contributed by atoms with Crippen LogP contribution in [0.4, 0.5) is 0 Å². The number of rotatable bonds is 1. The maximum Gasteiger partial charge on any atom is 0.0776 e. The minimum Gasteiger partial charge on any atom is -0.389 e. The SMILES string of the molecule is NCC12CC3CC(CC(O)(C3)C1I)C2. The lowest BCUT2D eigenvalue weighted by molar-refractivity contribution is -0.148. The van der Waals surface area contributed by atoms with Crippen LogP contribution in [-0.2, 0) is 0 Å². The Kier molecular flexibility index (Phi) is 2.01. The molecular weight excluding hydrogens is 289 g/mol. The monoisotopic (exact) mass is 307 g/mol. The molecule has 4 fully saturated rings. The third-order valence-corrected chi connectivity index (χ3v) is 7.24. The molecule has 0 aromatic rings. The fourth-order valence-corrected chi connectivity index (χ4v) is 5.79. The van der Waals surface area contributed by atoms with E-state index in [2.05, 4.69) is 22.6 Å². The molecule has 80 valence electrons. The van der Waals surface area contributed by atoms with E-state index in [1.54, 1.807) is 0 Å². The van der Waals surface area contributed by atoms with Crippen molar-refractivity contribution in [2.45, 2.75) is 41.6 Å². The molecule has 0 aromatic heterocycles. The highest BCUT2D eigenvalue weighted by atomic mass is 127. The van der Waals surface area contributed by atoms with E-state index in [4.69, 9.17) is 5.73 Å². The number of aliphatic hydroxyl groups is 1. The predicted octanol–water partition coefficient (Wildman–Crippen LogP) is 1.69. The molecule has 14 heavy (non-hydrogen) atoms. The maximum absolute atomic E-state index is 10.6. The largest absolute Gasteiger partial charge is 0.389 e. The summed E-state index contributed by atoms with van der Waals surface area (Å²) >= 11 is 2.47. The van der Waals surface area contributed by atoms with Gasteiger partial charge in [0.25, 0.3) is 0 Å². The molecule has 4 aliphatic rings. The first-order valence-corrected chi connectivity index (χ1v) is 6.89. The predicted molar refractivity (Wildman–Crippen MR) is 64.3 cm³/mol. The van der Waals surface area contributed by atoms with Crippen molar-refractivity contribution in [3.8, 4) is 0 Å². The van der Waals surface area contributed by atoms with Crippen LogP contribution in [0.1, 0.15) is 32.1 Å². The van der Waals surface area contributed by atoms with Gasteiger partial charge in [0, 0.05) is 3.92 Å². The standard InChI is InChI=1S/C11H18INO/c12-9-10(6-13)2-7-1-8(3-10)5-11(9,14)4-7/h7-9,14H,1-6,13H2. The summed E-state index contributed by atoms with van der Waals surface area (Å²) in [6.45, 7) is 0.774. The molecule has 3 N–H and O–H groups in total.